The van der Waals surface area contributed by atoms with Crippen LogP contribution >= 0.6 is 0 Å². The first-order valence-electron chi connectivity index (χ1n) is 14.2. The summed E-state index contributed by atoms with van der Waals surface area (Å²) in [6.07, 6.45) is 8.40. The van der Waals surface area contributed by atoms with Crippen LogP contribution in [0, 0.1) is 23.5 Å². The Morgan fingerprint density at radius 1 is 1.18 bits per heavy atom. The molecule has 3 rings (SSSR count). The standard InChI is InChI=1S/C29H47F2N3O4/c1-32-19-23(18-21-11-13-24(38-3)14-12-21)33-28(35)34-16-7-8-22(20-34)29(36,15-4-5-17-37-2)25-9-6-10-26(30)27(25)31/h6,9-10,21-24,32,36H,4-5,7-8,11-20H2,1-3H3,(H,33,35)/t21-,22-,23?,24+,29+/m1/s1. The Morgan fingerprint density at radius 3 is 2.63 bits per heavy atom. The molecule has 2 amide bonds. The molecule has 38 heavy (non-hydrogen) atoms. The average Bonchev–Trinajstić information content (AvgIpc) is 2.93. The SMILES string of the molecule is CNCC(C[C@H]1CC[C@@H](OC)CC1)NC(=O)N1CCC[C@@H]([C@@](O)(CCCCOC)c2cccc(F)c2F)C1. The number of urea groups is 1. The maximum atomic E-state index is 14.9. The van der Waals surface area contributed by atoms with Crippen LogP contribution in [0.15, 0.2) is 18.2 Å². The molecule has 7 nitrogen and oxygen atoms in total. The van der Waals surface area contributed by atoms with Crippen LogP contribution in [0.1, 0.15) is 69.8 Å². The molecule has 1 unspecified atom stereocenters. The summed E-state index contributed by atoms with van der Waals surface area (Å²) in [5, 5.41) is 18.3. The number of piperidine rings is 1. The highest BCUT2D eigenvalue weighted by Crippen LogP contribution is 2.41. The van der Waals surface area contributed by atoms with E-state index in [1.165, 1.54) is 12.1 Å². The lowest BCUT2D eigenvalue weighted by Crippen LogP contribution is -2.54. The fourth-order valence-corrected chi connectivity index (χ4v) is 6.30. The minimum atomic E-state index is -1.58. The highest BCUT2D eigenvalue weighted by Gasteiger charge is 2.43. The van der Waals surface area contributed by atoms with Crippen molar-refractivity contribution in [3.05, 3.63) is 35.4 Å². The van der Waals surface area contributed by atoms with Gasteiger partial charge in [0.05, 0.1) is 11.7 Å². The van der Waals surface area contributed by atoms with Gasteiger partial charge in [-0.15, -0.1) is 0 Å². The van der Waals surface area contributed by atoms with Crippen LogP contribution in [0.4, 0.5) is 13.6 Å². The number of likely N-dealkylation sites (N-methyl/N-ethyl adjacent to an activating group) is 1. The van der Waals surface area contributed by atoms with E-state index in [1.807, 2.05) is 7.05 Å². The minimum Gasteiger partial charge on any atom is -0.385 e. The van der Waals surface area contributed by atoms with Crippen molar-refractivity contribution in [1.82, 2.24) is 15.5 Å². The van der Waals surface area contributed by atoms with Crippen molar-refractivity contribution >= 4 is 6.03 Å². The largest absolute Gasteiger partial charge is 0.385 e. The predicted octanol–water partition coefficient (Wildman–Crippen LogP) is 4.57. The summed E-state index contributed by atoms with van der Waals surface area (Å²) in [6.45, 7) is 2.05. The second kappa shape index (κ2) is 15.1. The van der Waals surface area contributed by atoms with E-state index in [0.29, 0.717) is 57.4 Å². The lowest BCUT2D eigenvalue weighted by Gasteiger charge is -2.43. The zero-order chi connectivity index (χ0) is 27.5. The van der Waals surface area contributed by atoms with Gasteiger partial charge in [-0.25, -0.2) is 13.6 Å². The third-order valence-electron chi connectivity index (χ3n) is 8.48. The number of nitrogens with zero attached hydrogens (tertiary/aromatic N) is 1. The van der Waals surface area contributed by atoms with Crippen LogP contribution in [0.2, 0.25) is 0 Å². The van der Waals surface area contributed by atoms with Gasteiger partial charge in [0, 0.05) is 58.0 Å². The lowest BCUT2D eigenvalue weighted by molar-refractivity contribution is -0.0591. The number of benzene rings is 1. The number of rotatable bonds is 13. The van der Waals surface area contributed by atoms with Crippen LogP contribution in [0.3, 0.4) is 0 Å². The van der Waals surface area contributed by atoms with E-state index in [-0.39, 0.29) is 30.6 Å². The van der Waals surface area contributed by atoms with E-state index in [1.54, 1.807) is 19.1 Å². The van der Waals surface area contributed by atoms with E-state index >= 15 is 0 Å². The summed E-state index contributed by atoms with van der Waals surface area (Å²) in [7, 11) is 5.27. The number of hydrogen-bond acceptors (Lipinski definition) is 5. The van der Waals surface area contributed by atoms with Crippen LogP contribution in [0.5, 0.6) is 0 Å². The number of likely N-dealkylation sites (tertiary alicyclic amines) is 1. The molecule has 0 aromatic heterocycles. The zero-order valence-electron chi connectivity index (χ0n) is 23.3. The number of ether oxygens (including phenoxy) is 2. The number of unbranched alkanes of at least 4 members (excludes halogenated alkanes) is 1. The Morgan fingerprint density at radius 2 is 1.95 bits per heavy atom. The Labute approximate surface area is 226 Å². The maximum Gasteiger partial charge on any atom is 0.317 e. The summed E-state index contributed by atoms with van der Waals surface area (Å²) < 4.78 is 39.8. The number of hydrogen-bond donors (Lipinski definition) is 3. The number of carbonyl (C=O) groups excluding carboxylic acids is 1. The van der Waals surface area contributed by atoms with Gasteiger partial charge < -0.3 is 30.1 Å². The van der Waals surface area contributed by atoms with Gasteiger partial charge in [-0.1, -0.05) is 12.1 Å². The number of carbonyl (C=O) groups is 1. The Kier molecular flexibility index (Phi) is 12.2. The smallest absolute Gasteiger partial charge is 0.317 e. The van der Waals surface area contributed by atoms with Crippen molar-refractivity contribution in [2.24, 2.45) is 11.8 Å². The minimum absolute atomic E-state index is 0.00874. The van der Waals surface area contributed by atoms with Gasteiger partial charge in [-0.3, -0.25) is 0 Å². The van der Waals surface area contributed by atoms with Gasteiger partial charge in [0.1, 0.15) is 0 Å². The van der Waals surface area contributed by atoms with Gasteiger partial charge in [0.25, 0.3) is 0 Å². The summed E-state index contributed by atoms with van der Waals surface area (Å²) in [5.74, 6) is -1.85. The normalized spacial score (nSPS) is 24.6. The highest BCUT2D eigenvalue weighted by molar-refractivity contribution is 5.74. The van der Waals surface area contributed by atoms with Gasteiger partial charge in [0.2, 0.25) is 0 Å². The van der Waals surface area contributed by atoms with Gasteiger partial charge >= 0.3 is 6.03 Å². The van der Waals surface area contributed by atoms with Crippen molar-refractivity contribution in [2.75, 3.05) is 47.5 Å². The molecule has 3 atom stereocenters. The molecule has 0 radical (unpaired) electrons. The third kappa shape index (κ3) is 8.10. The average molecular weight is 540 g/mol. The van der Waals surface area contributed by atoms with Crippen molar-refractivity contribution < 1.29 is 28.2 Å². The molecule has 1 aromatic rings. The van der Waals surface area contributed by atoms with E-state index in [9.17, 15) is 18.7 Å². The molecule has 9 heteroatoms. The molecule has 1 saturated carbocycles. The van der Waals surface area contributed by atoms with Crippen LogP contribution in [-0.2, 0) is 15.1 Å². The highest BCUT2D eigenvalue weighted by atomic mass is 19.2. The number of methoxy groups -OCH3 is 2. The van der Waals surface area contributed by atoms with Gasteiger partial charge in [-0.05, 0) is 83.2 Å². The molecule has 2 fully saturated rings. The quantitative estimate of drug-likeness (QED) is 0.320. The first kappa shape index (κ1) is 30.7. The number of nitrogens with one attached hydrogen (secondary N) is 2. The molecule has 1 aromatic carbocycles. The monoisotopic (exact) mass is 539 g/mol. The number of halogens is 2. The van der Waals surface area contributed by atoms with E-state index in [2.05, 4.69) is 10.6 Å². The van der Waals surface area contributed by atoms with Crippen LogP contribution < -0.4 is 10.6 Å². The van der Waals surface area contributed by atoms with Crippen LogP contribution in [0.25, 0.3) is 0 Å². The fourth-order valence-electron chi connectivity index (χ4n) is 6.30. The molecule has 3 N–H and O–H groups in total. The molecule has 1 saturated heterocycles. The van der Waals surface area contributed by atoms with Crippen molar-refractivity contribution in [3.8, 4) is 0 Å². The summed E-state index contributed by atoms with van der Waals surface area (Å²) in [6, 6.07) is 3.79. The summed E-state index contributed by atoms with van der Waals surface area (Å²) >= 11 is 0. The Balaban J connectivity index is 1.69. The molecule has 1 aliphatic carbocycles. The molecule has 0 bridgehead atoms. The molecule has 216 valence electrons. The molecular formula is C29H47F2N3O4. The van der Waals surface area contributed by atoms with E-state index in [4.69, 9.17) is 9.47 Å². The zero-order valence-corrected chi connectivity index (χ0v) is 23.3. The molecule has 1 heterocycles. The van der Waals surface area contributed by atoms with Gasteiger partial charge in [-0.2, -0.15) is 0 Å². The lowest BCUT2D eigenvalue weighted by atomic mass is 9.74. The summed E-state index contributed by atoms with van der Waals surface area (Å²) in [4.78, 5) is 15.1. The second-order valence-electron chi connectivity index (χ2n) is 11.1. The van der Waals surface area contributed by atoms with Gasteiger partial charge in [0.15, 0.2) is 11.6 Å². The van der Waals surface area contributed by atoms with E-state index in [0.717, 1.165) is 38.2 Å². The van der Waals surface area contributed by atoms with Crippen molar-refractivity contribution in [3.63, 3.8) is 0 Å². The number of aliphatic hydroxyl groups is 1. The second-order valence-corrected chi connectivity index (χ2v) is 11.1. The fraction of sp³-hybridized carbons (Fsp3) is 0.759. The van der Waals surface area contributed by atoms with Crippen LogP contribution in [-0.4, -0.2) is 75.7 Å². The Bertz CT molecular complexity index is 868. The summed E-state index contributed by atoms with van der Waals surface area (Å²) in [5.41, 5.74) is -1.61. The van der Waals surface area contributed by atoms with E-state index < -0.39 is 23.2 Å². The first-order valence-corrected chi connectivity index (χ1v) is 14.2. The topological polar surface area (TPSA) is 83.1 Å². The third-order valence-corrected chi connectivity index (χ3v) is 8.48. The predicted molar refractivity (Wildman–Crippen MR) is 144 cm³/mol. The Hall–Kier alpha value is -1.81. The van der Waals surface area contributed by atoms with Crippen molar-refractivity contribution in [2.45, 2.75) is 82.0 Å². The maximum absolute atomic E-state index is 14.9. The first-order chi connectivity index (χ1) is 18.3. The molecule has 1 aliphatic heterocycles. The molecule has 2 aliphatic rings. The molecule has 0 spiro atoms. The molecular weight excluding hydrogens is 492 g/mol. The van der Waals surface area contributed by atoms with Crippen molar-refractivity contribution in [1.29, 1.82) is 0 Å². The number of amides is 2.